The Hall–Kier alpha value is -2.45. The summed E-state index contributed by atoms with van der Waals surface area (Å²) in [6.07, 6.45) is 2.42. The van der Waals surface area contributed by atoms with Gasteiger partial charge in [-0.3, -0.25) is 14.9 Å². The molecule has 1 N–H and O–H groups in total. The topological polar surface area (TPSA) is 86.4 Å². The summed E-state index contributed by atoms with van der Waals surface area (Å²) in [5.41, 5.74) is 2.77. The molecule has 1 heterocycles. The first-order valence-electron chi connectivity index (χ1n) is 11.3. The number of pyridine rings is 1. The minimum atomic E-state index is -1.91. The van der Waals surface area contributed by atoms with E-state index in [1.54, 1.807) is 37.5 Å². The third kappa shape index (κ3) is 5.47. The summed E-state index contributed by atoms with van der Waals surface area (Å²) in [5.74, 6) is 0. The molecule has 2 rings (SSSR count). The van der Waals surface area contributed by atoms with Crippen LogP contribution < -0.4 is 10.9 Å². The Labute approximate surface area is 192 Å². The van der Waals surface area contributed by atoms with E-state index in [2.05, 4.69) is 46.9 Å². The van der Waals surface area contributed by atoms with Gasteiger partial charge in [0, 0.05) is 38.0 Å². The van der Waals surface area contributed by atoms with Crippen LogP contribution in [0.1, 0.15) is 48.0 Å². The van der Waals surface area contributed by atoms with Crippen molar-refractivity contribution < 1.29 is 9.35 Å². The molecule has 1 aromatic carbocycles. The maximum Gasteiger partial charge on any atom is 0.292 e. The second-order valence-corrected chi connectivity index (χ2v) is 14.7. The molecule has 0 unspecified atom stereocenters. The molecule has 0 aliphatic carbocycles. The van der Waals surface area contributed by atoms with Crippen LogP contribution in [0.25, 0.3) is 11.1 Å². The SMILES string of the molecule is CC(C)[Si](OCCCNc1ccc(-c2cccn(C)c2=O)cc1[N+](=O)[O-])(C(C)C)C(C)C. The number of rotatable bonds is 11. The van der Waals surface area contributed by atoms with Crippen LogP contribution in [-0.2, 0) is 11.5 Å². The van der Waals surface area contributed by atoms with Gasteiger partial charge in [0.05, 0.1) is 4.92 Å². The molecule has 0 saturated heterocycles. The third-order valence-electron chi connectivity index (χ3n) is 6.32. The number of hydrogen-bond acceptors (Lipinski definition) is 5. The van der Waals surface area contributed by atoms with Gasteiger partial charge in [0.2, 0.25) is 0 Å². The quantitative estimate of drug-likeness (QED) is 0.194. The van der Waals surface area contributed by atoms with E-state index < -0.39 is 13.2 Å². The highest BCUT2D eigenvalue weighted by Crippen LogP contribution is 2.42. The third-order valence-corrected chi connectivity index (χ3v) is 12.4. The van der Waals surface area contributed by atoms with Gasteiger partial charge in [0.15, 0.2) is 8.32 Å². The van der Waals surface area contributed by atoms with Crippen molar-refractivity contribution in [2.24, 2.45) is 7.05 Å². The lowest BCUT2D eigenvalue weighted by Crippen LogP contribution is -2.48. The average Bonchev–Trinajstić information content (AvgIpc) is 2.71. The summed E-state index contributed by atoms with van der Waals surface area (Å²) < 4.78 is 8.02. The Morgan fingerprint density at radius 2 is 1.72 bits per heavy atom. The van der Waals surface area contributed by atoms with Crippen molar-refractivity contribution in [3.05, 3.63) is 57.0 Å². The highest BCUT2D eigenvalue weighted by atomic mass is 28.4. The Bertz CT molecular complexity index is 964. The predicted octanol–water partition coefficient (Wildman–Crippen LogP) is 5.95. The molecule has 0 radical (unpaired) electrons. The van der Waals surface area contributed by atoms with Crippen molar-refractivity contribution in [2.45, 2.75) is 64.6 Å². The molecule has 0 aliphatic heterocycles. The van der Waals surface area contributed by atoms with Crippen LogP contribution in [0.3, 0.4) is 0 Å². The average molecular weight is 460 g/mol. The maximum atomic E-state index is 12.4. The van der Waals surface area contributed by atoms with Gasteiger partial charge in [-0.15, -0.1) is 0 Å². The number of hydrogen-bond donors (Lipinski definition) is 1. The molecule has 8 heteroatoms. The lowest BCUT2D eigenvalue weighted by Gasteiger charge is -2.42. The van der Waals surface area contributed by atoms with E-state index in [0.717, 1.165) is 6.42 Å². The molecule has 0 amide bonds. The molecule has 0 fully saturated rings. The van der Waals surface area contributed by atoms with E-state index in [-0.39, 0.29) is 11.2 Å². The molecule has 0 saturated carbocycles. The van der Waals surface area contributed by atoms with Gasteiger partial charge in [-0.05, 0) is 46.8 Å². The van der Waals surface area contributed by atoms with Crippen LogP contribution in [0.2, 0.25) is 16.6 Å². The molecule has 176 valence electrons. The summed E-state index contributed by atoms with van der Waals surface area (Å²) >= 11 is 0. The molecule has 0 spiro atoms. The Morgan fingerprint density at radius 1 is 1.09 bits per heavy atom. The van der Waals surface area contributed by atoms with E-state index in [0.29, 0.717) is 46.6 Å². The van der Waals surface area contributed by atoms with E-state index in [1.165, 1.54) is 10.6 Å². The first-order chi connectivity index (χ1) is 15.0. The Kier molecular flexibility index (Phi) is 8.80. The molecular weight excluding hydrogens is 422 g/mol. The molecule has 0 aliphatic rings. The molecule has 7 nitrogen and oxygen atoms in total. The zero-order chi connectivity index (χ0) is 24.1. The van der Waals surface area contributed by atoms with Crippen molar-refractivity contribution in [3.63, 3.8) is 0 Å². The predicted molar refractivity (Wildman–Crippen MR) is 134 cm³/mol. The van der Waals surface area contributed by atoms with E-state index >= 15 is 0 Å². The summed E-state index contributed by atoms with van der Waals surface area (Å²) in [5, 5.41) is 14.8. The van der Waals surface area contributed by atoms with Gasteiger partial charge in [-0.2, -0.15) is 0 Å². The van der Waals surface area contributed by atoms with Crippen molar-refractivity contribution in [1.29, 1.82) is 0 Å². The second kappa shape index (κ2) is 10.9. The molecule has 32 heavy (non-hydrogen) atoms. The molecule has 1 aromatic heterocycles. The lowest BCUT2D eigenvalue weighted by atomic mass is 10.1. The largest absolute Gasteiger partial charge is 0.416 e. The van der Waals surface area contributed by atoms with E-state index in [1.807, 2.05) is 0 Å². The number of nitro groups is 1. The molecule has 0 bridgehead atoms. The Morgan fingerprint density at radius 3 is 2.28 bits per heavy atom. The summed E-state index contributed by atoms with van der Waals surface area (Å²) in [6.45, 7) is 14.8. The standard InChI is InChI=1S/C24H37N3O4Si/c1-17(2)32(18(3)4,19(5)6)31-15-9-13-25-22-12-11-20(16-23(22)27(29)30)21-10-8-14-26(7)24(21)28/h8,10-12,14,16-19,25H,9,13,15H2,1-7H3. The summed E-state index contributed by atoms with van der Waals surface area (Å²) in [6, 6.07) is 8.32. The fourth-order valence-corrected chi connectivity index (χ4v) is 10.4. The van der Waals surface area contributed by atoms with Crippen molar-refractivity contribution >= 4 is 19.7 Å². The fourth-order valence-electron chi connectivity index (χ4n) is 4.86. The Balaban J connectivity index is 2.10. The van der Waals surface area contributed by atoms with E-state index in [4.69, 9.17) is 4.43 Å². The highest BCUT2D eigenvalue weighted by molar-refractivity contribution is 6.77. The highest BCUT2D eigenvalue weighted by Gasteiger charge is 2.44. The second-order valence-electron chi connectivity index (χ2n) is 9.27. The van der Waals surface area contributed by atoms with Gasteiger partial charge in [-0.1, -0.05) is 47.6 Å². The van der Waals surface area contributed by atoms with E-state index in [9.17, 15) is 14.9 Å². The van der Waals surface area contributed by atoms with Crippen LogP contribution in [0, 0.1) is 10.1 Å². The molecular formula is C24H37N3O4Si. The van der Waals surface area contributed by atoms with Crippen molar-refractivity contribution in [2.75, 3.05) is 18.5 Å². The number of anilines is 1. The van der Waals surface area contributed by atoms with Gasteiger partial charge in [-0.25, -0.2) is 0 Å². The first kappa shape index (κ1) is 25.8. The minimum absolute atomic E-state index is 0.0374. The fraction of sp³-hybridized carbons (Fsp3) is 0.542. The van der Waals surface area contributed by atoms with Gasteiger partial charge < -0.3 is 14.3 Å². The van der Waals surface area contributed by atoms with Crippen LogP contribution in [0.5, 0.6) is 0 Å². The minimum Gasteiger partial charge on any atom is -0.416 e. The van der Waals surface area contributed by atoms with Gasteiger partial charge >= 0.3 is 0 Å². The van der Waals surface area contributed by atoms with Gasteiger partial charge in [0.1, 0.15) is 5.69 Å². The van der Waals surface area contributed by atoms with Gasteiger partial charge in [0.25, 0.3) is 11.2 Å². The summed E-state index contributed by atoms with van der Waals surface area (Å²) in [4.78, 5) is 23.6. The zero-order valence-electron chi connectivity index (χ0n) is 20.3. The maximum absolute atomic E-state index is 12.4. The number of nitrogens with one attached hydrogen (secondary N) is 1. The first-order valence-corrected chi connectivity index (χ1v) is 13.5. The smallest absolute Gasteiger partial charge is 0.292 e. The number of nitro benzene ring substituents is 1. The molecule has 0 atom stereocenters. The number of benzene rings is 1. The number of aryl methyl sites for hydroxylation is 1. The normalized spacial score (nSPS) is 12.1. The van der Waals surface area contributed by atoms with Crippen molar-refractivity contribution in [3.8, 4) is 11.1 Å². The lowest BCUT2D eigenvalue weighted by molar-refractivity contribution is -0.383. The zero-order valence-corrected chi connectivity index (χ0v) is 21.3. The number of aromatic nitrogens is 1. The summed E-state index contributed by atoms with van der Waals surface area (Å²) in [7, 11) is -0.248. The van der Waals surface area contributed by atoms with Crippen LogP contribution in [0.15, 0.2) is 41.3 Å². The van der Waals surface area contributed by atoms with Crippen molar-refractivity contribution in [1.82, 2.24) is 4.57 Å². The van der Waals surface area contributed by atoms with Crippen LogP contribution >= 0.6 is 0 Å². The van der Waals surface area contributed by atoms with Crippen LogP contribution in [0.4, 0.5) is 11.4 Å². The number of nitrogens with zero attached hydrogens (tertiary/aromatic N) is 2. The molecule has 2 aromatic rings. The van der Waals surface area contributed by atoms with Crippen LogP contribution in [-0.4, -0.2) is 31.0 Å². The monoisotopic (exact) mass is 459 g/mol.